The Morgan fingerprint density at radius 1 is 1.33 bits per heavy atom. The molecule has 102 valence electrons. The lowest BCUT2D eigenvalue weighted by Gasteiger charge is -2.45. The summed E-state index contributed by atoms with van der Waals surface area (Å²) in [6.07, 6.45) is 4.81. The molecule has 0 bridgehead atoms. The van der Waals surface area contributed by atoms with E-state index >= 15 is 0 Å². The van der Waals surface area contributed by atoms with Crippen molar-refractivity contribution in [2.45, 2.75) is 51.1 Å². The highest BCUT2D eigenvalue weighted by atomic mass is 35.5. The number of thiophene rings is 1. The van der Waals surface area contributed by atoms with Gasteiger partial charge >= 0.3 is 0 Å². The van der Waals surface area contributed by atoms with Crippen molar-refractivity contribution in [3.63, 3.8) is 0 Å². The molecular weight excluding hydrogens is 264 g/mol. The number of nitrogens with zero attached hydrogens (tertiary/aromatic N) is 1. The smallest absolute Gasteiger partial charge is 0.0931 e. The summed E-state index contributed by atoms with van der Waals surface area (Å²) in [6.45, 7) is 6.90. The van der Waals surface area contributed by atoms with Crippen LogP contribution in [0.1, 0.15) is 50.4 Å². The molecule has 0 amide bonds. The number of likely N-dealkylation sites (tertiary alicyclic amines) is 1. The first-order valence-corrected chi connectivity index (χ1v) is 8.09. The van der Waals surface area contributed by atoms with Crippen LogP contribution in [-0.2, 0) is 0 Å². The highest BCUT2D eigenvalue weighted by molar-refractivity contribution is 7.16. The first-order valence-electron chi connectivity index (χ1n) is 6.90. The molecule has 2 rings (SSSR count). The molecule has 1 saturated heterocycles. The maximum atomic E-state index is 6.60. The Morgan fingerprint density at radius 2 is 1.94 bits per heavy atom. The summed E-state index contributed by atoms with van der Waals surface area (Å²) in [5.41, 5.74) is 6.70. The van der Waals surface area contributed by atoms with Crippen LogP contribution in [0.5, 0.6) is 0 Å². The zero-order valence-electron chi connectivity index (χ0n) is 11.3. The van der Waals surface area contributed by atoms with Crippen molar-refractivity contribution in [3.8, 4) is 0 Å². The van der Waals surface area contributed by atoms with Crippen LogP contribution >= 0.6 is 22.9 Å². The number of halogens is 1. The summed E-state index contributed by atoms with van der Waals surface area (Å²) in [4.78, 5) is 3.82. The minimum Gasteiger partial charge on any atom is -0.322 e. The normalized spacial score (nSPS) is 19.3. The molecule has 2 N–H and O–H groups in total. The molecule has 0 radical (unpaired) electrons. The summed E-state index contributed by atoms with van der Waals surface area (Å²) >= 11 is 7.68. The van der Waals surface area contributed by atoms with E-state index in [-0.39, 0.29) is 11.6 Å². The highest BCUT2D eigenvalue weighted by Crippen LogP contribution is 2.40. The van der Waals surface area contributed by atoms with Crippen molar-refractivity contribution >= 4 is 22.9 Å². The fourth-order valence-electron chi connectivity index (χ4n) is 3.26. The van der Waals surface area contributed by atoms with Gasteiger partial charge < -0.3 is 5.73 Å². The van der Waals surface area contributed by atoms with E-state index in [9.17, 15) is 0 Å². The van der Waals surface area contributed by atoms with Crippen molar-refractivity contribution in [1.29, 1.82) is 0 Å². The van der Waals surface area contributed by atoms with E-state index < -0.39 is 0 Å². The van der Waals surface area contributed by atoms with Crippen molar-refractivity contribution in [2.75, 3.05) is 13.1 Å². The van der Waals surface area contributed by atoms with Crippen LogP contribution in [0.4, 0.5) is 0 Å². The Hall–Kier alpha value is -0.0900. The maximum absolute atomic E-state index is 6.60. The average Bonchev–Trinajstić information content (AvgIpc) is 3.03. The molecule has 18 heavy (non-hydrogen) atoms. The van der Waals surface area contributed by atoms with E-state index in [1.165, 1.54) is 30.8 Å². The summed E-state index contributed by atoms with van der Waals surface area (Å²) < 4.78 is 0.836. The third-order valence-corrected chi connectivity index (χ3v) is 5.75. The van der Waals surface area contributed by atoms with Crippen LogP contribution in [-0.4, -0.2) is 23.5 Å². The van der Waals surface area contributed by atoms with Gasteiger partial charge in [-0.05, 0) is 50.9 Å². The second-order valence-corrected chi connectivity index (χ2v) is 6.87. The highest BCUT2D eigenvalue weighted by Gasteiger charge is 2.41. The summed E-state index contributed by atoms with van der Waals surface area (Å²) in [6, 6.07) is 4.12. The Labute approximate surface area is 119 Å². The minimum atomic E-state index is 0.0723. The molecule has 1 aromatic rings. The third kappa shape index (κ3) is 2.46. The Bertz CT molecular complexity index is 381. The van der Waals surface area contributed by atoms with E-state index in [1.807, 2.05) is 6.07 Å². The van der Waals surface area contributed by atoms with Gasteiger partial charge in [0.25, 0.3) is 0 Å². The van der Waals surface area contributed by atoms with Gasteiger partial charge in [0.2, 0.25) is 0 Å². The number of nitrogens with two attached hydrogens (primary N) is 1. The lowest BCUT2D eigenvalue weighted by Crippen LogP contribution is -2.53. The predicted octanol–water partition coefficient (Wildman–Crippen LogP) is 4.06. The first-order chi connectivity index (χ1) is 8.64. The first kappa shape index (κ1) is 14.3. The monoisotopic (exact) mass is 286 g/mol. The van der Waals surface area contributed by atoms with Crippen molar-refractivity contribution in [1.82, 2.24) is 4.90 Å². The summed E-state index contributed by atoms with van der Waals surface area (Å²) in [5, 5.41) is 0. The fraction of sp³-hybridized carbons (Fsp3) is 0.714. The molecule has 0 aliphatic carbocycles. The number of hydrogen-bond acceptors (Lipinski definition) is 3. The van der Waals surface area contributed by atoms with Crippen LogP contribution in [0.2, 0.25) is 4.34 Å². The third-order valence-electron chi connectivity index (χ3n) is 4.44. The largest absolute Gasteiger partial charge is 0.322 e. The fourth-order valence-corrected chi connectivity index (χ4v) is 4.43. The van der Waals surface area contributed by atoms with Crippen LogP contribution < -0.4 is 5.73 Å². The van der Waals surface area contributed by atoms with E-state index in [2.05, 4.69) is 24.8 Å². The molecule has 1 fully saturated rings. The molecular formula is C14H23ClN2S. The van der Waals surface area contributed by atoms with E-state index in [0.29, 0.717) is 0 Å². The van der Waals surface area contributed by atoms with Gasteiger partial charge in [0.15, 0.2) is 0 Å². The maximum Gasteiger partial charge on any atom is 0.0931 e. The van der Waals surface area contributed by atoms with E-state index in [1.54, 1.807) is 11.3 Å². The molecule has 1 unspecified atom stereocenters. The van der Waals surface area contributed by atoms with Crippen LogP contribution in [0.25, 0.3) is 0 Å². The molecule has 1 atom stereocenters. The molecule has 2 nitrogen and oxygen atoms in total. The molecule has 1 aliphatic heterocycles. The molecule has 0 aromatic carbocycles. The van der Waals surface area contributed by atoms with Gasteiger partial charge in [-0.3, -0.25) is 4.90 Å². The molecule has 2 heterocycles. The minimum absolute atomic E-state index is 0.0723. The second kappa shape index (κ2) is 5.91. The van der Waals surface area contributed by atoms with Crippen molar-refractivity contribution < 1.29 is 0 Å². The molecule has 1 aromatic heterocycles. The summed E-state index contributed by atoms with van der Waals surface area (Å²) in [7, 11) is 0. The van der Waals surface area contributed by atoms with E-state index in [0.717, 1.165) is 17.2 Å². The van der Waals surface area contributed by atoms with Gasteiger partial charge in [-0.15, -0.1) is 11.3 Å². The lowest BCUT2D eigenvalue weighted by molar-refractivity contribution is 0.0778. The van der Waals surface area contributed by atoms with Gasteiger partial charge in [0, 0.05) is 10.4 Å². The van der Waals surface area contributed by atoms with Crippen LogP contribution in [0.15, 0.2) is 12.1 Å². The average molecular weight is 287 g/mol. The quantitative estimate of drug-likeness (QED) is 0.884. The second-order valence-electron chi connectivity index (χ2n) is 5.12. The zero-order valence-corrected chi connectivity index (χ0v) is 12.9. The Morgan fingerprint density at radius 3 is 2.39 bits per heavy atom. The van der Waals surface area contributed by atoms with Gasteiger partial charge in [-0.25, -0.2) is 0 Å². The van der Waals surface area contributed by atoms with E-state index in [4.69, 9.17) is 17.3 Å². The van der Waals surface area contributed by atoms with Gasteiger partial charge in [-0.1, -0.05) is 25.4 Å². The van der Waals surface area contributed by atoms with Crippen LogP contribution in [0.3, 0.4) is 0 Å². The lowest BCUT2D eigenvalue weighted by atomic mass is 9.82. The predicted molar refractivity (Wildman–Crippen MR) is 80.4 cm³/mol. The van der Waals surface area contributed by atoms with Gasteiger partial charge in [-0.2, -0.15) is 0 Å². The van der Waals surface area contributed by atoms with Gasteiger partial charge in [0.1, 0.15) is 0 Å². The Balaban J connectivity index is 2.28. The zero-order chi connectivity index (χ0) is 13.2. The molecule has 0 saturated carbocycles. The topological polar surface area (TPSA) is 29.3 Å². The van der Waals surface area contributed by atoms with Crippen LogP contribution in [0, 0.1) is 0 Å². The number of hydrogen-bond donors (Lipinski definition) is 1. The Kier molecular flexibility index (Phi) is 4.70. The van der Waals surface area contributed by atoms with Gasteiger partial charge in [0.05, 0.1) is 10.4 Å². The SMILES string of the molecule is CCC(CC)(C(N)c1ccc(Cl)s1)N1CCCC1. The molecule has 0 spiro atoms. The molecule has 1 aliphatic rings. The standard InChI is InChI=1S/C14H23ClN2S/c1-3-14(4-2,17-9-5-6-10-17)13(16)11-7-8-12(15)18-11/h7-8,13H,3-6,9-10,16H2,1-2H3. The van der Waals surface area contributed by atoms with Crippen molar-refractivity contribution in [2.24, 2.45) is 5.73 Å². The number of rotatable bonds is 5. The summed E-state index contributed by atoms with van der Waals surface area (Å²) in [5.74, 6) is 0. The van der Waals surface area contributed by atoms with Crippen molar-refractivity contribution in [3.05, 3.63) is 21.3 Å². The molecule has 4 heteroatoms.